The standard InChI is InChI=1S/C26H27FN4O2/c1-31(2)12-13-33-22-10-4-18(5-11-22)16-28-26-23-14-20(19-6-8-21(27)9-7-19)15-24(32-3)25(23)29-17-30-26/h4-11,14-15,17H,12-13,16H2,1-3H3,(H,28,29,30). The number of nitrogens with zero attached hydrogens (tertiary/aromatic N) is 3. The average Bonchev–Trinajstić information content (AvgIpc) is 2.83. The first-order chi connectivity index (χ1) is 16.0. The zero-order chi connectivity index (χ0) is 23.2. The molecule has 0 aliphatic carbocycles. The third-order valence-electron chi connectivity index (χ3n) is 5.29. The fourth-order valence-electron chi connectivity index (χ4n) is 3.48. The van der Waals surface area contributed by atoms with Gasteiger partial charge in [0, 0.05) is 18.5 Å². The smallest absolute Gasteiger partial charge is 0.145 e. The van der Waals surface area contributed by atoms with Gasteiger partial charge in [-0.25, -0.2) is 14.4 Å². The van der Waals surface area contributed by atoms with E-state index >= 15 is 0 Å². The van der Waals surface area contributed by atoms with E-state index in [0.29, 0.717) is 30.2 Å². The van der Waals surface area contributed by atoms with E-state index in [1.165, 1.54) is 18.5 Å². The third-order valence-corrected chi connectivity index (χ3v) is 5.29. The number of methoxy groups -OCH3 is 1. The van der Waals surface area contributed by atoms with E-state index in [2.05, 4.69) is 20.2 Å². The van der Waals surface area contributed by atoms with Crippen LogP contribution in [0.1, 0.15) is 5.56 Å². The first kappa shape index (κ1) is 22.5. The lowest BCUT2D eigenvalue weighted by Crippen LogP contribution is -2.19. The number of halogens is 1. The van der Waals surface area contributed by atoms with Gasteiger partial charge in [-0.05, 0) is 67.2 Å². The molecule has 0 amide bonds. The molecule has 0 atom stereocenters. The molecule has 0 bridgehead atoms. The molecule has 4 aromatic rings. The Bertz CT molecular complexity index is 1210. The number of aromatic nitrogens is 2. The minimum absolute atomic E-state index is 0.272. The molecule has 0 saturated heterocycles. The summed E-state index contributed by atoms with van der Waals surface area (Å²) in [5.74, 6) is 1.91. The predicted molar refractivity (Wildman–Crippen MR) is 129 cm³/mol. The summed E-state index contributed by atoms with van der Waals surface area (Å²) in [7, 11) is 5.65. The van der Waals surface area contributed by atoms with Gasteiger partial charge < -0.3 is 19.7 Å². The summed E-state index contributed by atoms with van der Waals surface area (Å²) in [4.78, 5) is 11.0. The van der Waals surface area contributed by atoms with Crippen LogP contribution in [0.15, 0.2) is 67.0 Å². The topological polar surface area (TPSA) is 59.5 Å². The van der Waals surface area contributed by atoms with Crippen molar-refractivity contribution in [2.75, 3.05) is 39.7 Å². The Hall–Kier alpha value is -3.71. The van der Waals surface area contributed by atoms with Gasteiger partial charge >= 0.3 is 0 Å². The van der Waals surface area contributed by atoms with Crippen LogP contribution in [0.4, 0.5) is 10.2 Å². The van der Waals surface area contributed by atoms with Crippen LogP contribution in [0, 0.1) is 5.82 Å². The lowest BCUT2D eigenvalue weighted by Gasteiger charge is -2.13. The number of hydrogen-bond acceptors (Lipinski definition) is 6. The minimum Gasteiger partial charge on any atom is -0.494 e. The van der Waals surface area contributed by atoms with Gasteiger partial charge in [0.2, 0.25) is 0 Å². The van der Waals surface area contributed by atoms with Crippen molar-refractivity contribution in [2.24, 2.45) is 0 Å². The number of ether oxygens (including phenoxy) is 2. The molecule has 0 spiro atoms. The molecule has 0 radical (unpaired) electrons. The molecule has 3 aromatic carbocycles. The Morgan fingerprint density at radius 3 is 2.39 bits per heavy atom. The van der Waals surface area contributed by atoms with Crippen molar-refractivity contribution in [3.8, 4) is 22.6 Å². The first-order valence-electron chi connectivity index (χ1n) is 10.7. The zero-order valence-electron chi connectivity index (χ0n) is 19.0. The van der Waals surface area contributed by atoms with E-state index < -0.39 is 0 Å². The largest absolute Gasteiger partial charge is 0.494 e. The molecule has 1 N–H and O–H groups in total. The van der Waals surface area contributed by atoms with Gasteiger partial charge in [-0.1, -0.05) is 24.3 Å². The zero-order valence-corrected chi connectivity index (χ0v) is 19.0. The monoisotopic (exact) mass is 446 g/mol. The van der Waals surface area contributed by atoms with Crippen molar-refractivity contribution in [2.45, 2.75) is 6.54 Å². The van der Waals surface area contributed by atoms with Gasteiger partial charge in [-0.2, -0.15) is 0 Å². The van der Waals surface area contributed by atoms with Crippen molar-refractivity contribution >= 4 is 16.7 Å². The Kier molecular flexibility index (Phi) is 7.00. The Morgan fingerprint density at radius 2 is 1.70 bits per heavy atom. The molecule has 0 unspecified atom stereocenters. The van der Waals surface area contributed by atoms with Gasteiger partial charge in [0.25, 0.3) is 0 Å². The SMILES string of the molecule is COc1cc(-c2ccc(F)cc2)cc2c(NCc3ccc(OCCN(C)C)cc3)ncnc12. The van der Waals surface area contributed by atoms with E-state index in [9.17, 15) is 4.39 Å². The second-order valence-electron chi connectivity index (χ2n) is 7.95. The number of hydrogen-bond donors (Lipinski definition) is 1. The van der Waals surface area contributed by atoms with Crippen LogP contribution < -0.4 is 14.8 Å². The summed E-state index contributed by atoms with van der Waals surface area (Å²) in [5, 5.41) is 4.24. The van der Waals surface area contributed by atoms with Gasteiger partial charge in [0.1, 0.15) is 41.6 Å². The summed E-state index contributed by atoms with van der Waals surface area (Å²) < 4.78 is 24.7. The number of anilines is 1. The Labute approximate surface area is 193 Å². The van der Waals surface area contributed by atoms with Crippen molar-refractivity contribution in [1.29, 1.82) is 0 Å². The fraction of sp³-hybridized carbons (Fsp3) is 0.231. The number of benzene rings is 3. The second-order valence-corrected chi connectivity index (χ2v) is 7.95. The van der Waals surface area contributed by atoms with Crippen LogP contribution in [0.2, 0.25) is 0 Å². The van der Waals surface area contributed by atoms with Crippen LogP contribution in [0.25, 0.3) is 22.0 Å². The highest BCUT2D eigenvalue weighted by Gasteiger charge is 2.12. The van der Waals surface area contributed by atoms with Gasteiger partial charge in [0.05, 0.1) is 7.11 Å². The van der Waals surface area contributed by atoms with E-state index in [0.717, 1.165) is 34.4 Å². The predicted octanol–water partition coefficient (Wildman–Crippen LogP) is 5.00. The van der Waals surface area contributed by atoms with E-state index in [1.807, 2.05) is 50.5 Å². The van der Waals surface area contributed by atoms with Crippen molar-refractivity contribution in [3.63, 3.8) is 0 Å². The van der Waals surface area contributed by atoms with Crippen LogP contribution in [0.5, 0.6) is 11.5 Å². The molecule has 0 aliphatic rings. The number of rotatable bonds is 9. The summed E-state index contributed by atoms with van der Waals surface area (Å²) in [5.41, 5.74) is 3.60. The number of nitrogens with one attached hydrogen (secondary N) is 1. The van der Waals surface area contributed by atoms with Gasteiger partial charge in [0.15, 0.2) is 0 Å². The lowest BCUT2D eigenvalue weighted by molar-refractivity contribution is 0.261. The second kappa shape index (κ2) is 10.3. The van der Waals surface area contributed by atoms with Crippen LogP contribution in [-0.2, 0) is 6.54 Å². The molecule has 7 heteroatoms. The van der Waals surface area contributed by atoms with E-state index in [4.69, 9.17) is 9.47 Å². The normalized spacial score (nSPS) is 11.1. The highest BCUT2D eigenvalue weighted by Crippen LogP contribution is 2.34. The number of fused-ring (bicyclic) bond motifs is 1. The fourth-order valence-corrected chi connectivity index (χ4v) is 3.48. The maximum absolute atomic E-state index is 13.4. The Balaban J connectivity index is 1.55. The molecule has 0 saturated carbocycles. The molecule has 4 rings (SSSR count). The molecule has 1 heterocycles. The molecule has 1 aromatic heterocycles. The summed E-state index contributed by atoms with van der Waals surface area (Å²) in [6.07, 6.45) is 1.52. The maximum atomic E-state index is 13.4. The molecule has 6 nitrogen and oxygen atoms in total. The van der Waals surface area contributed by atoms with Crippen LogP contribution in [-0.4, -0.2) is 49.2 Å². The highest BCUT2D eigenvalue weighted by atomic mass is 19.1. The minimum atomic E-state index is -0.272. The molecule has 170 valence electrons. The van der Waals surface area contributed by atoms with Crippen LogP contribution >= 0.6 is 0 Å². The van der Waals surface area contributed by atoms with E-state index in [1.54, 1.807) is 19.2 Å². The summed E-state index contributed by atoms with van der Waals surface area (Å²) in [6.45, 7) is 2.11. The summed E-state index contributed by atoms with van der Waals surface area (Å²) >= 11 is 0. The average molecular weight is 447 g/mol. The van der Waals surface area contributed by atoms with E-state index in [-0.39, 0.29) is 5.82 Å². The van der Waals surface area contributed by atoms with Gasteiger partial charge in [-0.15, -0.1) is 0 Å². The molecular formula is C26H27FN4O2. The molecule has 0 aliphatic heterocycles. The van der Waals surface area contributed by atoms with Crippen molar-refractivity contribution in [3.05, 3.63) is 78.4 Å². The molecular weight excluding hydrogens is 419 g/mol. The number of likely N-dealkylation sites (N-methyl/N-ethyl adjacent to an activating group) is 1. The summed E-state index contributed by atoms with van der Waals surface area (Å²) in [6, 6.07) is 18.3. The van der Waals surface area contributed by atoms with Gasteiger partial charge in [-0.3, -0.25) is 0 Å². The molecule has 33 heavy (non-hydrogen) atoms. The quantitative estimate of drug-likeness (QED) is 0.391. The van der Waals surface area contributed by atoms with Crippen molar-refractivity contribution < 1.29 is 13.9 Å². The molecule has 0 fully saturated rings. The Morgan fingerprint density at radius 1 is 0.939 bits per heavy atom. The first-order valence-corrected chi connectivity index (χ1v) is 10.7. The van der Waals surface area contributed by atoms with Crippen molar-refractivity contribution in [1.82, 2.24) is 14.9 Å². The highest BCUT2D eigenvalue weighted by molar-refractivity contribution is 5.96. The third kappa shape index (κ3) is 5.56. The maximum Gasteiger partial charge on any atom is 0.145 e. The van der Waals surface area contributed by atoms with Crippen LogP contribution in [0.3, 0.4) is 0 Å². The lowest BCUT2D eigenvalue weighted by atomic mass is 10.0.